The van der Waals surface area contributed by atoms with Gasteiger partial charge in [-0.3, -0.25) is 15.0 Å². The highest BCUT2D eigenvalue weighted by molar-refractivity contribution is 5.93. The van der Waals surface area contributed by atoms with Gasteiger partial charge < -0.3 is 15.2 Å². The minimum absolute atomic E-state index is 0.254. The Labute approximate surface area is 134 Å². The molecule has 2 aliphatic rings. The first-order chi connectivity index (χ1) is 11.1. The van der Waals surface area contributed by atoms with E-state index in [-0.39, 0.29) is 18.4 Å². The van der Waals surface area contributed by atoms with Crippen LogP contribution in [-0.4, -0.2) is 43.1 Å². The molecule has 0 spiro atoms. The van der Waals surface area contributed by atoms with E-state index in [2.05, 4.69) is 16.3 Å². The van der Waals surface area contributed by atoms with Crippen LogP contribution in [0.15, 0.2) is 18.2 Å². The van der Waals surface area contributed by atoms with Gasteiger partial charge in [0.2, 0.25) is 5.91 Å². The molecule has 2 heterocycles. The number of carbonyl (C=O) groups is 2. The molecule has 0 radical (unpaired) electrons. The molecule has 0 bridgehead atoms. The number of nitrogens with zero attached hydrogens (tertiary/aromatic N) is 1. The number of primary amides is 1. The smallest absolute Gasteiger partial charge is 0.318 e. The Morgan fingerprint density at radius 2 is 2.04 bits per heavy atom. The minimum atomic E-state index is -0.806. The summed E-state index contributed by atoms with van der Waals surface area (Å²) in [6.45, 7) is 2.68. The number of carbonyl (C=O) groups excluding carboxylic acids is 2. The van der Waals surface area contributed by atoms with Crippen molar-refractivity contribution >= 4 is 11.9 Å². The molecule has 0 saturated carbocycles. The van der Waals surface area contributed by atoms with Crippen LogP contribution >= 0.6 is 0 Å². The van der Waals surface area contributed by atoms with Crippen molar-refractivity contribution in [2.24, 2.45) is 5.73 Å². The SMILES string of the molecule is NC(=O)NC(=O)CCN1CCC[C@H]1c1ccc2c(c1)OCCO2. The predicted octanol–water partition coefficient (Wildman–Crippen LogP) is 1.18. The van der Waals surface area contributed by atoms with E-state index in [1.165, 1.54) is 5.56 Å². The van der Waals surface area contributed by atoms with Crippen molar-refractivity contribution < 1.29 is 19.1 Å². The second-order valence-electron chi connectivity index (χ2n) is 5.76. The molecular weight excluding hydrogens is 298 g/mol. The number of imide groups is 1. The summed E-state index contributed by atoms with van der Waals surface area (Å²) in [6.07, 6.45) is 2.37. The lowest BCUT2D eigenvalue weighted by molar-refractivity contribution is -0.120. The number of likely N-dealkylation sites (tertiary alicyclic amines) is 1. The van der Waals surface area contributed by atoms with Crippen LogP contribution < -0.4 is 20.5 Å². The number of hydrogen-bond acceptors (Lipinski definition) is 5. The molecule has 2 aliphatic heterocycles. The molecule has 1 saturated heterocycles. The van der Waals surface area contributed by atoms with Crippen molar-refractivity contribution in [1.29, 1.82) is 0 Å². The van der Waals surface area contributed by atoms with Gasteiger partial charge in [-0.2, -0.15) is 0 Å². The third-order valence-electron chi connectivity index (χ3n) is 4.20. The van der Waals surface area contributed by atoms with Crippen molar-refractivity contribution in [3.05, 3.63) is 23.8 Å². The summed E-state index contributed by atoms with van der Waals surface area (Å²) in [6, 6.07) is 5.48. The van der Waals surface area contributed by atoms with E-state index in [1.54, 1.807) is 0 Å². The minimum Gasteiger partial charge on any atom is -0.486 e. The number of nitrogens with one attached hydrogen (secondary N) is 1. The molecule has 0 aliphatic carbocycles. The third-order valence-corrected chi connectivity index (χ3v) is 4.20. The number of nitrogens with two attached hydrogens (primary N) is 1. The normalized spacial score (nSPS) is 20.3. The van der Waals surface area contributed by atoms with Crippen molar-refractivity contribution in [2.75, 3.05) is 26.3 Å². The lowest BCUT2D eigenvalue weighted by atomic mass is 10.0. The van der Waals surface area contributed by atoms with E-state index in [1.807, 2.05) is 12.1 Å². The molecule has 124 valence electrons. The topological polar surface area (TPSA) is 93.9 Å². The number of hydrogen-bond donors (Lipinski definition) is 2. The third kappa shape index (κ3) is 3.73. The van der Waals surface area contributed by atoms with Gasteiger partial charge >= 0.3 is 6.03 Å². The monoisotopic (exact) mass is 319 g/mol. The molecule has 1 aromatic carbocycles. The fourth-order valence-corrected chi connectivity index (χ4v) is 3.18. The average molecular weight is 319 g/mol. The summed E-state index contributed by atoms with van der Waals surface area (Å²) in [7, 11) is 0. The van der Waals surface area contributed by atoms with Gasteiger partial charge in [0, 0.05) is 19.0 Å². The molecule has 0 unspecified atom stereocenters. The molecule has 1 fully saturated rings. The van der Waals surface area contributed by atoms with Crippen LogP contribution in [0.5, 0.6) is 11.5 Å². The summed E-state index contributed by atoms with van der Waals surface area (Å²) in [4.78, 5) is 24.5. The van der Waals surface area contributed by atoms with Gasteiger partial charge in [-0.15, -0.1) is 0 Å². The number of ether oxygens (including phenoxy) is 2. The van der Waals surface area contributed by atoms with Gasteiger partial charge in [-0.1, -0.05) is 6.07 Å². The maximum Gasteiger partial charge on any atom is 0.318 e. The number of fused-ring (bicyclic) bond motifs is 1. The number of amides is 3. The first-order valence-corrected chi connectivity index (χ1v) is 7.86. The maximum atomic E-state index is 11.6. The van der Waals surface area contributed by atoms with Gasteiger partial charge in [0.1, 0.15) is 13.2 Å². The highest BCUT2D eigenvalue weighted by atomic mass is 16.6. The van der Waals surface area contributed by atoms with Gasteiger partial charge in [0.15, 0.2) is 11.5 Å². The van der Waals surface area contributed by atoms with Crippen molar-refractivity contribution in [1.82, 2.24) is 10.2 Å². The van der Waals surface area contributed by atoms with Crippen LogP contribution in [0, 0.1) is 0 Å². The highest BCUT2D eigenvalue weighted by Gasteiger charge is 2.27. The summed E-state index contributed by atoms with van der Waals surface area (Å²) >= 11 is 0. The summed E-state index contributed by atoms with van der Waals surface area (Å²) in [5.74, 6) is 1.22. The fourth-order valence-electron chi connectivity index (χ4n) is 3.18. The second-order valence-corrected chi connectivity index (χ2v) is 5.76. The van der Waals surface area contributed by atoms with Gasteiger partial charge in [-0.25, -0.2) is 4.79 Å². The van der Waals surface area contributed by atoms with E-state index in [9.17, 15) is 9.59 Å². The largest absolute Gasteiger partial charge is 0.486 e. The Balaban J connectivity index is 1.64. The molecule has 3 amide bonds. The van der Waals surface area contributed by atoms with E-state index in [0.717, 1.165) is 30.9 Å². The van der Waals surface area contributed by atoms with E-state index in [4.69, 9.17) is 15.2 Å². The molecule has 0 aromatic heterocycles. The molecule has 23 heavy (non-hydrogen) atoms. The number of rotatable bonds is 4. The fraction of sp³-hybridized carbons (Fsp3) is 0.500. The van der Waals surface area contributed by atoms with Crippen LogP contribution in [0.4, 0.5) is 4.79 Å². The first-order valence-electron chi connectivity index (χ1n) is 7.86. The van der Waals surface area contributed by atoms with Crippen molar-refractivity contribution in [3.8, 4) is 11.5 Å². The predicted molar refractivity (Wildman–Crippen MR) is 83.3 cm³/mol. The average Bonchev–Trinajstić information content (AvgIpc) is 3.00. The first kappa shape index (κ1) is 15.6. The lowest BCUT2D eigenvalue weighted by Crippen LogP contribution is -2.37. The zero-order chi connectivity index (χ0) is 16.2. The lowest BCUT2D eigenvalue weighted by Gasteiger charge is -2.26. The van der Waals surface area contributed by atoms with E-state index >= 15 is 0 Å². The van der Waals surface area contributed by atoms with Gasteiger partial charge in [-0.05, 0) is 37.1 Å². The zero-order valence-corrected chi connectivity index (χ0v) is 12.9. The van der Waals surface area contributed by atoms with Crippen LogP contribution in [0.3, 0.4) is 0 Å². The quantitative estimate of drug-likeness (QED) is 0.869. The summed E-state index contributed by atoms with van der Waals surface area (Å²) < 4.78 is 11.2. The van der Waals surface area contributed by atoms with E-state index < -0.39 is 6.03 Å². The number of benzene rings is 1. The van der Waals surface area contributed by atoms with Gasteiger partial charge in [0.05, 0.1) is 0 Å². The van der Waals surface area contributed by atoms with E-state index in [0.29, 0.717) is 19.8 Å². The Hall–Kier alpha value is -2.28. The molecule has 7 nitrogen and oxygen atoms in total. The Morgan fingerprint density at radius 1 is 1.26 bits per heavy atom. The second kappa shape index (κ2) is 6.87. The molecule has 1 aromatic rings. The van der Waals surface area contributed by atoms with Crippen molar-refractivity contribution in [3.63, 3.8) is 0 Å². The standard InChI is InChI=1S/C16H21N3O4/c17-16(21)18-15(20)5-7-19-6-1-2-12(19)11-3-4-13-14(10-11)23-9-8-22-13/h3-4,10,12H,1-2,5-9H2,(H3,17,18,20,21)/t12-/m0/s1. The Morgan fingerprint density at radius 3 is 2.83 bits per heavy atom. The van der Waals surface area contributed by atoms with Crippen LogP contribution in [0.1, 0.15) is 30.9 Å². The summed E-state index contributed by atoms with van der Waals surface area (Å²) in [5.41, 5.74) is 6.12. The molecular formula is C16H21N3O4. The van der Waals surface area contributed by atoms with Crippen molar-refractivity contribution in [2.45, 2.75) is 25.3 Å². The number of urea groups is 1. The Kier molecular flexibility index (Phi) is 4.66. The van der Waals surface area contributed by atoms with Crippen LogP contribution in [0.2, 0.25) is 0 Å². The van der Waals surface area contributed by atoms with Gasteiger partial charge in [0.25, 0.3) is 0 Å². The maximum absolute atomic E-state index is 11.6. The van der Waals surface area contributed by atoms with Crippen LogP contribution in [0.25, 0.3) is 0 Å². The molecule has 7 heteroatoms. The zero-order valence-electron chi connectivity index (χ0n) is 12.9. The molecule has 1 atom stereocenters. The highest BCUT2D eigenvalue weighted by Crippen LogP contribution is 2.37. The summed E-state index contributed by atoms with van der Waals surface area (Å²) in [5, 5.41) is 2.10. The Bertz CT molecular complexity index is 605. The van der Waals surface area contributed by atoms with Crippen LogP contribution in [-0.2, 0) is 4.79 Å². The molecule has 3 N–H and O–H groups in total. The molecule has 3 rings (SSSR count).